The summed E-state index contributed by atoms with van der Waals surface area (Å²) in [5, 5.41) is 0. The molecule has 0 N–H and O–H groups in total. The molecule has 1 aliphatic rings. The number of esters is 1. The zero-order valence-corrected chi connectivity index (χ0v) is 14.2. The van der Waals surface area contributed by atoms with Crippen molar-refractivity contribution in [2.75, 3.05) is 33.0 Å². The number of carbonyl (C=O) groups excluding carboxylic acids is 1. The van der Waals surface area contributed by atoms with E-state index >= 15 is 0 Å². The largest absolute Gasteiger partial charge is 0.463 e. The highest BCUT2D eigenvalue weighted by atomic mass is 16.7. The van der Waals surface area contributed by atoms with Gasteiger partial charge < -0.3 is 18.9 Å². The van der Waals surface area contributed by atoms with Crippen molar-refractivity contribution >= 4 is 5.97 Å². The first-order valence-electron chi connectivity index (χ1n) is 8.75. The van der Waals surface area contributed by atoms with E-state index in [0.29, 0.717) is 26.4 Å². The average Bonchev–Trinajstić information content (AvgIpc) is 2.55. The summed E-state index contributed by atoms with van der Waals surface area (Å²) in [5.41, 5.74) is 0. The smallest absolute Gasteiger partial charge is 0.308 e. The topological polar surface area (TPSA) is 54.0 Å². The van der Waals surface area contributed by atoms with Crippen LogP contribution in [0.15, 0.2) is 0 Å². The lowest BCUT2D eigenvalue weighted by Crippen LogP contribution is -2.24. The van der Waals surface area contributed by atoms with Crippen molar-refractivity contribution in [3.05, 3.63) is 0 Å². The van der Waals surface area contributed by atoms with Crippen LogP contribution >= 0.6 is 0 Å². The quantitative estimate of drug-likeness (QED) is 0.408. The van der Waals surface area contributed by atoms with Gasteiger partial charge in [0, 0.05) is 6.61 Å². The summed E-state index contributed by atoms with van der Waals surface area (Å²) in [6, 6.07) is 0. The molecule has 0 aromatic rings. The molecule has 1 fully saturated rings. The Morgan fingerprint density at radius 1 is 1.18 bits per heavy atom. The van der Waals surface area contributed by atoms with Gasteiger partial charge in [0.2, 0.25) is 0 Å². The number of unbranched alkanes of at least 4 members (excludes halogenated alkanes) is 1. The maximum Gasteiger partial charge on any atom is 0.308 e. The fraction of sp³-hybridized carbons (Fsp3) is 0.941. The van der Waals surface area contributed by atoms with Gasteiger partial charge in [-0.05, 0) is 32.1 Å². The van der Waals surface area contributed by atoms with Crippen LogP contribution in [0.2, 0.25) is 0 Å². The minimum atomic E-state index is -0.0913. The molecule has 1 aliphatic heterocycles. The van der Waals surface area contributed by atoms with Gasteiger partial charge in [-0.15, -0.1) is 0 Å². The van der Waals surface area contributed by atoms with Crippen molar-refractivity contribution in [1.82, 2.24) is 0 Å². The van der Waals surface area contributed by atoms with Gasteiger partial charge in [-0.2, -0.15) is 0 Å². The van der Waals surface area contributed by atoms with Crippen molar-refractivity contribution in [1.29, 1.82) is 0 Å². The molecular formula is C17H32O5. The lowest BCUT2D eigenvalue weighted by atomic mass is 10.00. The molecule has 0 radical (unpaired) electrons. The SMILES string of the molecule is CCCCC(CC)C(=O)OCCOCCOC1CCCCO1. The molecule has 1 rings (SSSR count). The van der Waals surface area contributed by atoms with E-state index in [0.717, 1.165) is 51.6 Å². The van der Waals surface area contributed by atoms with E-state index in [1.54, 1.807) is 0 Å². The van der Waals surface area contributed by atoms with Crippen LogP contribution in [0.4, 0.5) is 0 Å². The van der Waals surface area contributed by atoms with E-state index < -0.39 is 0 Å². The van der Waals surface area contributed by atoms with Crippen LogP contribution in [0.1, 0.15) is 58.8 Å². The molecule has 1 saturated heterocycles. The summed E-state index contributed by atoms with van der Waals surface area (Å²) in [6.45, 7) is 6.72. The van der Waals surface area contributed by atoms with Crippen LogP contribution in [0.3, 0.4) is 0 Å². The predicted molar refractivity (Wildman–Crippen MR) is 84.6 cm³/mol. The van der Waals surface area contributed by atoms with E-state index in [1.165, 1.54) is 0 Å². The number of hydrogen-bond donors (Lipinski definition) is 0. The summed E-state index contributed by atoms with van der Waals surface area (Å²) in [7, 11) is 0. The minimum Gasteiger partial charge on any atom is -0.463 e. The van der Waals surface area contributed by atoms with Gasteiger partial charge in [-0.25, -0.2) is 0 Å². The number of hydrogen-bond acceptors (Lipinski definition) is 5. The third-order valence-corrected chi connectivity index (χ3v) is 3.87. The van der Waals surface area contributed by atoms with Gasteiger partial charge >= 0.3 is 5.97 Å². The lowest BCUT2D eigenvalue weighted by Gasteiger charge is -2.22. The molecule has 5 nitrogen and oxygen atoms in total. The van der Waals surface area contributed by atoms with Gasteiger partial charge in [-0.1, -0.05) is 26.7 Å². The van der Waals surface area contributed by atoms with Gasteiger partial charge in [0.15, 0.2) is 6.29 Å². The van der Waals surface area contributed by atoms with E-state index in [2.05, 4.69) is 6.92 Å². The van der Waals surface area contributed by atoms with E-state index in [9.17, 15) is 4.79 Å². The van der Waals surface area contributed by atoms with Crippen LogP contribution in [0, 0.1) is 5.92 Å². The maximum absolute atomic E-state index is 11.9. The highest BCUT2D eigenvalue weighted by Gasteiger charge is 2.17. The van der Waals surface area contributed by atoms with Crippen LogP contribution in [-0.2, 0) is 23.7 Å². The molecule has 0 aromatic carbocycles. The Morgan fingerprint density at radius 2 is 2.00 bits per heavy atom. The number of ether oxygens (including phenoxy) is 4. The zero-order valence-electron chi connectivity index (χ0n) is 14.2. The first kappa shape index (κ1) is 19.4. The second-order valence-electron chi connectivity index (χ2n) is 5.69. The van der Waals surface area contributed by atoms with E-state index in [-0.39, 0.29) is 18.2 Å². The Hall–Kier alpha value is -0.650. The van der Waals surface area contributed by atoms with Gasteiger partial charge in [0.25, 0.3) is 0 Å². The average molecular weight is 316 g/mol. The van der Waals surface area contributed by atoms with Crippen molar-refractivity contribution in [3.63, 3.8) is 0 Å². The summed E-state index contributed by atoms with van der Waals surface area (Å²) in [4.78, 5) is 11.9. The molecule has 0 saturated carbocycles. The molecule has 22 heavy (non-hydrogen) atoms. The first-order chi connectivity index (χ1) is 10.8. The van der Waals surface area contributed by atoms with E-state index in [4.69, 9.17) is 18.9 Å². The third-order valence-electron chi connectivity index (χ3n) is 3.87. The minimum absolute atomic E-state index is 0.0340. The highest BCUT2D eigenvalue weighted by Crippen LogP contribution is 2.14. The molecule has 5 heteroatoms. The van der Waals surface area contributed by atoms with Crippen molar-refractivity contribution in [3.8, 4) is 0 Å². The second kappa shape index (κ2) is 12.9. The molecular weight excluding hydrogens is 284 g/mol. The summed E-state index contributed by atoms with van der Waals surface area (Å²) in [5.74, 6) is -0.0573. The Morgan fingerprint density at radius 3 is 2.68 bits per heavy atom. The zero-order chi connectivity index (χ0) is 16.0. The maximum atomic E-state index is 11.9. The summed E-state index contributed by atoms with van der Waals surface area (Å²) < 4.78 is 21.7. The predicted octanol–water partition coefficient (Wildman–Crippen LogP) is 3.31. The molecule has 0 aliphatic carbocycles. The van der Waals surface area contributed by atoms with Gasteiger partial charge in [0.05, 0.1) is 25.7 Å². The monoisotopic (exact) mass is 316 g/mol. The van der Waals surface area contributed by atoms with Crippen LogP contribution in [0.5, 0.6) is 0 Å². The molecule has 0 bridgehead atoms. The van der Waals surface area contributed by atoms with Crippen molar-refractivity contribution in [2.24, 2.45) is 5.92 Å². The number of carbonyl (C=O) groups is 1. The molecule has 0 amide bonds. The standard InChI is InChI=1S/C17H32O5/c1-3-5-8-15(4-2)17(18)22-14-12-19-11-13-21-16-9-6-7-10-20-16/h15-16H,3-14H2,1-2H3. The normalized spacial score (nSPS) is 19.8. The number of rotatable bonds is 12. The molecule has 0 aromatic heterocycles. The van der Waals surface area contributed by atoms with Crippen LogP contribution in [0.25, 0.3) is 0 Å². The molecule has 2 unspecified atom stereocenters. The first-order valence-corrected chi connectivity index (χ1v) is 8.75. The molecule has 130 valence electrons. The summed E-state index contributed by atoms with van der Waals surface area (Å²) in [6.07, 6.45) is 7.13. The third kappa shape index (κ3) is 8.71. The Kier molecular flexibility index (Phi) is 11.3. The Bertz CT molecular complexity index is 276. The van der Waals surface area contributed by atoms with Gasteiger partial charge in [0.1, 0.15) is 6.61 Å². The molecule has 1 heterocycles. The van der Waals surface area contributed by atoms with Crippen molar-refractivity contribution < 1.29 is 23.7 Å². The van der Waals surface area contributed by atoms with E-state index in [1.807, 2.05) is 6.92 Å². The second-order valence-corrected chi connectivity index (χ2v) is 5.69. The van der Waals surface area contributed by atoms with Crippen LogP contribution < -0.4 is 0 Å². The molecule has 2 atom stereocenters. The Labute approximate surface area is 134 Å². The van der Waals surface area contributed by atoms with Crippen molar-refractivity contribution in [2.45, 2.75) is 65.1 Å². The summed E-state index contributed by atoms with van der Waals surface area (Å²) >= 11 is 0. The van der Waals surface area contributed by atoms with Crippen LogP contribution in [-0.4, -0.2) is 45.3 Å². The lowest BCUT2D eigenvalue weighted by molar-refractivity contribution is -0.170. The Balaban J connectivity index is 1.94. The fourth-order valence-corrected chi connectivity index (χ4v) is 2.44. The fourth-order valence-electron chi connectivity index (χ4n) is 2.44. The molecule has 0 spiro atoms. The van der Waals surface area contributed by atoms with Gasteiger partial charge in [-0.3, -0.25) is 4.79 Å². The highest BCUT2D eigenvalue weighted by molar-refractivity contribution is 5.72.